The lowest BCUT2D eigenvalue weighted by Gasteiger charge is -2.12. The highest BCUT2D eigenvalue weighted by molar-refractivity contribution is 8.00. The maximum atomic E-state index is 13.2. The van der Waals surface area contributed by atoms with E-state index in [0.29, 0.717) is 17.9 Å². The van der Waals surface area contributed by atoms with E-state index in [1.54, 1.807) is 6.07 Å². The van der Waals surface area contributed by atoms with E-state index in [1.807, 2.05) is 0 Å². The maximum Gasteiger partial charge on any atom is 0.239 e. The molecule has 0 atom stereocenters. The molecule has 18 heavy (non-hydrogen) atoms. The van der Waals surface area contributed by atoms with Crippen LogP contribution in [0.1, 0.15) is 12.8 Å². The fourth-order valence-electron chi connectivity index (χ4n) is 1.73. The molecule has 6 heteroatoms. The van der Waals surface area contributed by atoms with Crippen LogP contribution in [0.3, 0.4) is 0 Å². The van der Waals surface area contributed by atoms with Gasteiger partial charge in [-0.1, -0.05) is 0 Å². The Morgan fingerprint density at radius 1 is 1.50 bits per heavy atom. The number of halogens is 1. The Labute approximate surface area is 108 Å². The second kappa shape index (κ2) is 5.39. The number of amides is 2. The molecule has 1 aromatic rings. The Morgan fingerprint density at radius 2 is 2.28 bits per heavy atom. The molecule has 1 heterocycles. The number of nitrogen functional groups attached to an aromatic ring is 1. The van der Waals surface area contributed by atoms with Crippen LogP contribution in [0.15, 0.2) is 23.1 Å². The van der Waals surface area contributed by atoms with Crippen LogP contribution in [-0.4, -0.2) is 29.0 Å². The van der Waals surface area contributed by atoms with E-state index >= 15 is 0 Å². The number of nitrogens with zero attached hydrogens (tertiary/aromatic N) is 1. The van der Waals surface area contributed by atoms with Gasteiger partial charge in [-0.15, -0.1) is 11.8 Å². The van der Waals surface area contributed by atoms with Crippen LogP contribution in [0.25, 0.3) is 0 Å². The molecule has 96 valence electrons. The summed E-state index contributed by atoms with van der Waals surface area (Å²) in [6.45, 7) is 0.494. The Hall–Kier alpha value is -1.56. The number of anilines is 1. The molecule has 0 spiro atoms. The zero-order chi connectivity index (χ0) is 13.1. The van der Waals surface area contributed by atoms with Gasteiger partial charge in [-0.05, 0) is 24.6 Å². The Morgan fingerprint density at radius 3 is 2.89 bits per heavy atom. The van der Waals surface area contributed by atoms with Gasteiger partial charge in [0.25, 0.3) is 0 Å². The molecule has 1 aliphatic heterocycles. The largest absolute Gasteiger partial charge is 0.396 e. The molecule has 2 amide bonds. The number of benzene rings is 1. The first-order valence-electron chi connectivity index (χ1n) is 5.59. The number of hydrogen-bond acceptors (Lipinski definition) is 4. The number of imide groups is 1. The molecular weight excluding hydrogens is 255 g/mol. The van der Waals surface area contributed by atoms with E-state index in [0.717, 1.165) is 6.42 Å². The Kier molecular flexibility index (Phi) is 3.86. The molecule has 1 aliphatic rings. The molecule has 0 unspecified atom stereocenters. The summed E-state index contributed by atoms with van der Waals surface area (Å²) in [5.41, 5.74) is 5.44. The average molecular weight is 268 g/mol. The predicted octanol–water partition coefficient (Wildman–Crippen LogP) is 1.65. The van der Waals surface area contributed by atoms with Crippen molar-refractivity contribution in [3.8, 4) is 0 Å². The van der Waals surface area contributed by atoms with Gasteiger partial charge in [-0.2, -0.15) is 0 Å². The summed E-state index contributed by atoms with van der Waals surface area (Å²) in [5.74, 6) is -0.705. The van der Waals surface area contributed by atoms with Crippen LogP contribution in [0.2, 0.25) is 0 Å². The van der Waals surface area contributed by atoms with Crippen LogP contribution in [0, 0.1) is 5.82 Å². The third kappa shape index (κ3) is 2.81. The molecule has 0 aromatic heterocycles. The van der Waals surface area contributed by atoms with E-state index in [1.165, 1.54) is 28.8 Å². The van der Waals surface area contributed by atoms with Crippen molar-refractivity contribution >= 4 is 29.3 Å². The number of carbonyl (C=O) groups is 2. The molecule has 2 N–H and O–H groups in total. The molecule has 1 saturated heterocycles. The van der Waals surface area contributed by atoms with E-state index in [4.69, 9.17) is 5.73 Å². The number of nitrogens with two attached hydrogens (primary N) is 1. The molecule has 2 rings (SSSR count). The summed E-state index contributed by atoms with van der Waals surface area (Å²) < 4.78 is 13.2. The summed E-state index contributed by atoms with van der Waals surface area (Å²) in [6.07, 6.45) is 1.17. The van der Waals surface area contributed by atoms with E-state index in [2.05, 4.69) is 0 Å². The summed E-state index contributed by atoms with van der Waals surface area (Å²) in [5, 5.41) is 0. The minimum Gasteiger partial charge on any atom is -0.396 e. The van der Waals surface area contributed by atoms with Crippen molar-refractivity contribution in [1.29, 1.82) is 0 Å². The first kappa shape index (κ1) is 12.9. The Balaban J connectivity index is 1.93. The molecular formula is C12H13FN2O2S. The van der Waals surface area contributed by atoms with E-state index < -0.39 is 5.82 Å². The van der Waals surface area contributed by atoms with Gasteiger partial charge in [0.15, 0.2) is 0 Å². The highest BCUT2D eigenvalue weighted by Gasteiger charge is 2.25. The van der Waals surface area contributed by atoms with Gasteiger partial charge in [0, 0.05) is 17.9 Å². The van der Waals surface area contributed by atoms with Crippen LogP contribution in [-0.2, 0) is 9.59 Å². The van der Waals surface area contributed by atoms with Crippen molar-refractivity contribution in [2.24, 2.45) is 0 Å². The third-order valence-corrected chi connectivity index (χ3v) is 3.69. The lowest BCUT2D eigenvalue weighted by Crippen LogP contribution is -2.33. The van der Waals surface area contributed by atoms with Gasteiger partial charge in [0.2, 0.25) is 11.8 Å². The lowest BCUT2D eigenvalue weighted by atomic mass is 10.3. The average Bonchev–Trinajstić information content (AvgIpc) is 2.77. The van der Waals surface area contributed by atoms with Gasteiger partial charge in [-0.25, -0.2) is 4.39 Å². The zero-order valence-corrected chi connectivity index (χ0v) is 10.5. The minimum absolute atomic E-state index is 0.0837. The summed E-state index contributed by atoms with van der Waals surface area (Å²) >= 11 is 1.20. The van der Waals surface area contributed by atoms with Crippen LogP contribution < -0.4 is 5.73 Å². The van der Waals surface area contributed by atoms with Gasteiger partial charge in [0.05, 0.1) is 11.4 Å². The van der Waals surface area contributed by atoms with E-state index in [9.17, 15) is 14.0 Å². The van der Waals surface area contributed by atoms with Gasteiger partial charge < -0.3 is 5.73 Å². The molecule has 0 saturated carbocycles. The molecule has 0 bridgehead atoms. The highest BCUT2D eigenvalue weighted by Crippen LogP contribution is 2.23. The van der Waals surface area contributed by atoms with Crippen molar-refractivity contribution in [2.75, 3.05) is 18.0 Å². The standard InChI is InChI=1S/C12H13FN2O2S/c13-9-6-8(3-4-10(9)14)18-7-12(17)15-5-1-2-11(15)16/h3-4,6H,1-2,5,7,14H2. The van der Waals surface area contributed by atoms with Crippen LogP contribution >= 0.6 is 11.8 Å². The lowest BCUT2D eigenvalue weighted by molar-refractivity contribution is -0.140. The first-order chi connectivity index (χ1) is 8.58. The van der Waals surface area contributed by atoms with Crippen molar-refractivity contribution in [3.05, 3.63) is 24.0 Å². The molecule has 1 fully saturated rings. The summed E-state index contributed by atoms with van der Waals surface area (Å²) in [7, 11) is 0. The van der Waals surface area contributed by atoms with Gasteiger partial charge in [0.1, 0.15) is 5.82 Å². The number of likely N-dealkylation sites (tertiary alicyclic amines) is 1. The van der Waals surface area contributed by atoms with Crippen LogP contribution in [0.4, 0.5) is 10.1 Å². The van der Waals surface area contributed by atoms with Crippen molar-refractivity contribution in [1.82, 2.24) is 4.90 Å². The molecule has 1 aromatic carbocycles. The highest BCUT2D eigenvalue weighted by atomic mass is 32.2. The number of hydrogen-bond donors (Lipinski definition) is 1. The minimum atomic E-state index is -0.496. The maximum absolute atomic E-state index is 13.2. The van der Waals surface area contributed by atoms with E-state index in [-0.39, 0.29) is 23.3 Å². The quantitative estimate of drug-likeness (QED) is 0.669. The topological polar surface area (TPSA) is 63.4 Å². The van der Waals surface area contributed by atoms with Crippen molar-refractivity contribution in [3.63, 3.8) is 0 Å². The second-order valence-corrected chi connectivity index (χ2v) is 5.06. The number of carbonyl (C=O) groups excluding carboxylic acids is 2. The Bertz CT molecular complexity index is 493. The third-order valence-electron chi connectivity index (χ3n) is 2.71. The van der Waals surface area contributed by atoms with Crippen molar-refractivity contribution < 1.29 is 14.0 Å². The summed E-state index contributed by atoms with van der Waals surface area (Å²) in [6, 6.07) is 4.41. The monoisotopic (exact) mass is 268 g/mol. The normalized spacial score (nSPS) is 15.2. The second-order valence-electron chi connectivity index (χ2n) is 4.01. The fourth-order valence-corrected chi connectivity index (χ4v) is 2.53. The number of rotatable bonds is 3. The van der Waals surface area contributed by atoms with Gasteiger partial charge in [-0.3, -0.25) is 14.5 Å². The summed E-state index contributed by atoms with van der Waals surface area (Å²) in [4.78, 5) is 25.0. The molecule has 0 radical (unpaired) electrons. The van der Waals surface area contributed by atoms with Crippen molar-refractivity contribution in [2.45, 2.75) is 17.7 Å². The predicted molar refractivity (Wildman–Crippen MR) is 67.5 cm³/mol. The fraction of sp³-hybridized carbons (Fsp3) is 0.333. The van der Waals surface area contributed by atoms with Gasteiger partial charge >= 0.3 is 0 Å². The molecule has 4 nitrogen and oxygen atoms in total. The molecule has 0 aliphatic carbocycles. The smallest absolute Gasteiger partial charge is 0.239 e. The first-order valence-corrected chi connectivity index (χ1v) is 6.57. The SMILES string of the molecule is Nc1ccc(SCC(=O)N2CCCC2=O)cc1F. The zero-order valence-electron chi connectivity index (χ0n) is 9.69. The number of thioether (sulfide) groups is 1. The van der Waals surface area contributed by atoms with Crippen LogP contribution in [0.5, 0.6) is 0 Å².